The molecule has 4 N–H and O–H groups in total. The van der Waals surface area contributed by atoms with E-state index in [-0.39, 0.29) is 49.3 Å². The van der Waals surface area contributed by atoms with Crippen molar-refractivity contribution in [2.45, 2.75) is 70.5 Å². The van der Waals surface area contributed by atoms with E-state index in [1.165, 1.54) is 29.3 Å². The van der Waals surface area contributed by atoms with Gasteiger partial charge in [-0.3, -0.25) is 28.8 Å². The van der Waals surface area contributed by atoms with E-state index < -0.39 is 35.1 Å². The van der Waals surface area contributed by atoms with E-state index in [1.807, 2.05) is 6.07 Å². The number of aryl methyl sites for hydroxylation is 1. The first-order valence-corrected chi connectivity index (χ1v) is 16.6. The Hall–Kier alpha value is -5.00. The predicted octanol–water partition coefficient (Wildman–Crippen LogP) is 3.23. The zero-order valence-electron chi connectivity index (χ0n) is 27.0. The number of hydrogen-bond donors (Lipinski definition) is 4. The van der Waals surface area contributed by atoms with E-state index in [1.54, 1.807) is 31.2 Å². The van der Waals surface area contributed by atoms with E-state index in [4.69, 9.17) is 4.42 Å². The van der Waals surface area contributed by atoms with Crippen LogP contribution in [0.3, 0.4) is 0 Å². The molecule has 12 heteroatoms. The van der Waals surface area contributed by atoms with E-state index in [9.17, 15) is 28.8 Å². The van der Waals surface area contributed by atoms with Gasteiger partial charge < -0.3 is 30.3 Å². The minimum absolute atomic E-state index is 0.00346. The van der Waals surface area contributed by atoms with Crippen LogP contribution in [-0.4, -0.2) is 52.6 Å². The van der Waals surface area contributed by atoms with Crippen molar-refractivity contribution < 1.29 is 28.4 Å². The Morgan fingerprint density at radius 3 is 2.40 bits per heavy atom. The lowest BCUT2D eigenvalue weighted by atomic mass is 9.54. The second-order valence-corrected chi connectivity index (χ2v) is 13.4. The molecule has 1 atom stereocenters. The fourth-order valence-electron chi connectivity index (χ4n) is 8.06. The van der Waals surface area contributed by atoms with Gasteiger partial charge in [0.25, 0.3) is 17.4 Å². The maximum atomic E-state index is 13.6. The first-order valence-electron chi connectivity index (χ1n) is 16.6. The number of anilines is 1. The summed E-state index contributed by atoms with van der Waals surface area (Å²) in [5.74, 6) is -0.828. The van der Waals surface area contributed by atoms with Crippen molar-refractivity contribution in [3.63, 3.8) is 0 Å². The Bertz CT molecular complexity index is 1800. The van der Waals surface area contributed by atoms with Gasteiger partial charge in [0.2, 0.25) is 17.6 Å². The molecule has 3 aromatic rings. The Morgan fingerprint density at radius 2 is 1.71 bits per heavy atom. The molecular formula is C36H41N5O7. The van der Waals surface area contributed by atoms with Crippen molar-refractivity contribution in [3.8, 4) is 0 Å². The molecule has 7 rings (SSSR count). The number of Topliss-reactive ketones (excluding diaryl/α,β-unsaturated/α-hetero) is 1. The number of rotatable bonds is 13. The van der Waals surface area contributed by atoms with Crippen molar-refractivity contribution in [1.29, 1.82) is 0 Å². The largest absolute Gasteiger partial charge is 0.451 e. The minimum Gasteiger partial charge on any atom is -0.451 e. The van der Waals surface area contributed by atoms with E-state index in [0.29, 0.717) is 23.0 Å². The van der Waals surface area contributed by atoms with Gasteiger partial charge in [-0.1, -0.05) is 24.3 Å². The highest BCUT2D eigenvalue weighted by Gasteiger charge is 2.48. The zero-order chi connectivity index (χ0) is 33.9. The number of para-hydroxylation sites is 1. The number of carbonyl (C=O) groups is 5. The molecule has 2 heterocycles. The number of carbonyl (C=O) groups excluding carboxylic acids is 5. The monoisotopic (exact) mass is 655 g/mol. The quantitative estimate of drug-likeness (QED) is 0.162. The average Bonchev–Trinajstić information content (AvgIpc) is 3.41. The smallest absolute Gasteiger partial charge is 0.287 e. The topological polar surface area (TPSA) is 169 Å². The highest BCUT2D eigenvalue weighted by atomic mass is 16.3. The molecule has 4 aliphatic carbocycles. The van der Waals surface area contributed by atoms with Gasteiger partial charge in [0.15, 0.2) is 5.76 Å². The van der Waals surface area contributed by atoms with Gasteiger partial charge in [0.1, 0.15) is 23.9 Å². The summed E-state index contributed by atoms with van der Waals surface area (Å²) in [5, 5.41) is 11.5. The first kappa shape index (κ1) is 32.9. The number of aromatic nitrogens is 1. The molecule has 0 radical (unpaired) electrons. The molecule has 12 nitrogen and oxygen atoms in total. The molecule has 4 amide bonds. The van der Waals surface area contributed by atoms with Crippen LogP contribution in [0, 0.1) is 30.6 Å². The van der Waals surface area contributed by atoms with Crippen LogP contribution in [0.5, 0.6) is 0 Å². The Morgan fingerprint density at radius 1 is 1.00 bits per heavy atom. The van der Waals surface area contributed by atoms with Gasteiger partial charge in [-0.2, -0.15) is 0 Å². The molecule has 0 aliphatic heterocycles. The van der Waals surface area contributed by atoms with Crippen molar-refractivity contribution in [2.75, 3.05) is 11.9 Å². The normalized spacial score (nSPS) is 22.9. The minimum atomic E-state index is -1.31. The third-order valence-corrected chi connectivity index (χ3v) is 10.1. The summed E-state index contributed by atoms with van der Waals surface area (Å²) in [6, 6.07) is 8.87. The van der Waals surface area contributed by atoms with Crippen LogP contribution in [0.4, 0.5) is 5.69 Å². The highest BCUT2D eigenvalue weighted by Crippen LogP contribution is 2.53. The predicted molar refractivity (Wildman–Crippen MR) is 178 cm³/mol. The number of furan rings is 1. The average molecular weight is 656 g/mol. The van der Waals surface area contributed by atoms with Crippen molar-refractivity contribution >= 4 is 46.1 Å². The van der Waals surface area contributed by atoms with E-state index in [2.05, 4.69) is 27.8 Å². The molecule has 4 saturated carbocycles. The standard InChI is InChI=1S/C36H41N5O7/c1-3-12-37-34(45)28(42)11-10-26(38-35(46)32-20(2)25-7-4-5-9-29(25)48-32)33(44)39-27-8-6-13-41(36(27)47)19-30(43)40-31-23-15-21-14-22(17-23)18-24(31)16-21/h3-9,13,21-24,26,31H,1,10-12,14-19H2,2H3,(H,37,45)(H,38,46)(H,39,44)(H,40,43)/t21?,22?,23?,24?,26-,31?/m0/s1. The summed E-state index contributed by atoms with van der Waals surface area (Å²) in [4.78, 5) is 78.1. The van der Waals surface area contributed by atoms with E-state index >= 15 is 0 Å². The fourth-order valence-corrected chi connectivity index (χ4v) is 8.06. The van der Waals surface area contributed by atoms with Crippen molar-refractivity contribution in [3.05, 3.63) is 76.9 Å². The molecule has 4 aliphatic rings. The highest BCUT2D eigenvalue weighted by molar-refractivity contribution is 6.36. The number of hydrogen-bond acceptors (Lipinski definition) is 7. The van der Waals surface area contributed by atoms with Gasteiger partial charge in [-0.25, -0.2) is 0 Å². The van der Waals surface area contributed by atoms with E-state index in [0.717, 1.165) is 42.9 Å². The molecule has 4 bridgehead atoms. The summed E-state index contributed by atoms with van der Waals surface area (Å²) in [6.07, 6.45) is 8.24. The lowest BCUT2D eigenvalue weighted by Gasteiger charge is -2.54. The van der Waals surface area contributed by atoms with Crippen LogP contribution < -0.4 is 26.8 Å². The second kappa shape index (κ2) is 14.0. The van der Waals surface area contributed by atoms with Gasteiger partial charge in [0, 0.05) is 36.2 Å². The van der Waals surface area contributed by atoms with Gasteiger partial charge >= 0.3 is 0 Å². The van der Waals surface area contributed by atoms with Crippen LogP contribution in [0.1, 0.15) is 61.1 Å². The Labute approximate surface area is 277 Å². The summed E-state index contributed by atoms with van der Waals surface area (Å²) in [5.41, 5.74) is 0.371. The molecule has 2 aromatic heterocycles. The van der Waals surface area contributed by atoms with Crippen molar-refractivity contribution in [1.82, 2.24) is 20.5 Å². The van der Waals surface area contributed by atoms with Gasteiger partial charge in [0.05, 0.1) is 0 Å². The SMILES string of the molecule is C=CCNC(=O)C(=O)CC[C@H](NC(=O)c1oc2ccccc2c1C)C(=O)Nc1cccn(CC(=O)NC2C3CC4CC(C3)CC2C4)c1=O. The lowest BCUT2D eigenvalue weighted by molar-refractivity contribution is -0.138. The number of amides is 4. The van der Waals surface area contributed by atoms with Gasteiger partial charge in [-0.15, -0.1) is 6.58 Å². The number of ketones is 1. The molecule has 0 saturated heterocycles. The summed E-state index contributed by atoms with van der Waals surface area (Å²) < 4.78 is 6.99. The number of benzene rings is 1. The third kappa shape index (κ3) is 6.97. The molecule has 0 unspecified atom stereocenters. The molecule has 1 aromatic carbocycles. The summed E-state index contributed by atoms with van der Waals surface area (Å²) in [6.45, 7) is 5.11. The zero-order valence-corrected chi connectivity index (χ0v) is 27.0. The molecule has 0 spiro atoms. The fraction of sp³-hybridized carbons (Fsp3) is 0.444. The maximum Gasteiger partial charge on any atom is 0.287 e. The van der Waals surface area contributed by atoms with Crippen LogP contribution in [-0.2, 0) is 25.7 Å². The number of fused-ring (bicyclic) bond motifs is 1. The number of pyridine rings is 1. The maximum absolute atomic E-state index is 13.6. The Kier molecular flexibility index (Phi) is 9.61. The van der Waals surface area contributed by atoms with Crippen LogP contribution in [0.25, 0.3) is 11.0 Å². The van der Waals surface area contributed by atoms with Gasteiger partial charge in [-0.05, 0) is 87.3 Å². The van der Waals surface area contributed by atoms with Crippen LogP contribution in [0.2, 0.25) is 0 Å². The first-order chi connectivity index (χ1) is 23.1. The second-order valence-electron chi connectivity index (χ2n) is 13.4. The number of nitrogens with one attached hydrogen (secondary N) is 4. The molecule has 252 valence electrons. The molecule has 48 heavy (non-hydrogen) atoms. The summed E-state index contributed by atoms with van der Waals surface area (Å²) in [7, 11) is 0. The molecule has 4 fully saturated rings. The number of nitrogens with zero attached hydrogens (tertiary/aromatic N) is 1. The molecular weight excluding hydrogens is 614 g/mol. The van der Waals surface area contributed by atoms with Crippen LogP contribution in [0.15, 0.2) is 64.5 Å². The van der Waals surface area contributed by atoms with Crippen molar-refractivity contribution in [2.24, 2.45) is 23.7 Å². The summed E-state index contributed by atoms with van der Waals surface area (Å²) >= 11 is 0. The lowest BCUT2D eigenvalue weighted by Crippen LogP contribution is -2.56. The Balaban J connectivity index is 1.14. The van der Waals surface area contributed by atoms with Crippen LogP contribution >= 0.6 is 0 Å². The third-order valence-electron chi connectivity index (χ3n) is 10.1.